The van der Waals surface area contributed by atoms with Crippen LogP contribution in [0.2, 0.25) is 0 Å². The third kappa shape index (κ3) is 6.31. The Labute approximate surface area is 138 Å². The molecule has 1 aromatic rings. The van der Waals surface area contributed by atoms with E-state index in [9.17, 15) is 9.90 Å². The number of likely N-dealkylation sites (tertiary alicyclic amines) is 1. The summed E-state index contributed by atoms with van der Waals surface area (Å²) in [5.74, 6) is 0.358. The zero-order valence-corrected chi connectivity index (χ0v) is 14.3. The maximum absolute atomic E-state index is 12.0. The second kappa shape index (κ2) is 9.03. The number of amides is 1. The van der Waals surface area contributed by atoms with E-state index < -0.39 is 6.10 Å². The highest BCUT2D eigenvalue weighted by molar-refractivity contribution is 5.91. The third-order valence-electron chi connectivity index (χ3n) is 4.07. The van der Waals surface area contributed by atoms with Gasteiger partial charge in [-0.15, -0.1) is 0 Å². The van der Waals surface area contributed by atoms with Gasteiger partial charge in [0.05, 0.1) is 11.8 Å². The van der Waals surface area contributed by atoms with E-state index in [0.29, 0.717) is 12.5 Å². The van der Waals surface area contributed by atoms with Crippen LogP contribution in [0.15, 0.2) is 10.6 Å². The van der Waals surface area contributed by atoms with Gasteiger partial charge in [0.25, 0.3) is 5.91 Å². The van der Waals surface area contributed by atoms with Crippen molar-refractivity contribution in [3.8, 4) is 0 Å². The Morgan fingerprint density at radius 1 is 1.35 bits per heavy atom. The molecule has 0 spiro atoms. The molecule has 1 aliphatic rings. The summed E-state index contributed by atoms with van der Waals surface area (Å²) in [4.78, 5) is 14.3. The molecule has 0 aliphatic carbocycles. The number of hydrogen-bond donors (Lipinski definition) is 2. The Bertz CT molecular complexity index is 479. The highest BCUT2D eigenvalue weighted by atomic mass is 16.5. The molecular formula is C17H29N3O3. The predicted octanol–water partition coefficient (Wildman–Crippen LogP) is 1.84. The van der Waals surface area contributed by atoms with Crippen LogP contribution in [0, 0.1) is 5.92 Å². The number of carbonyl (C=O) groups excluding carboxylic acids is 1. The van der Waals surface area contributed by atoms with Crippen LogP contribution in [0.3, 0.4) is 0 Å². The molecule has 1 atom stereocenters. The summed E-state index contributed by atoms with van der Waals surface area (Å²) in [6.45, 7) is 7.09. The van der Waals surface area contributed by atoms with Crippen LogP contribution < -0.4 is 5.32 Å². The number of β-amino-alcohol motifs (C(OH)–C–C–N with tert-alkyl or cyclic N) is 1. The first-order valence-electron chi connectivity index (χ1n) is 8.69. The fourth-order valence-corrected chi connectivity index (χ4v) is 2.91. The monoisotopic (exact) mass is 323 g/mol. The van der Waals surface area contributed by atoms with E-state index in [1.165, 1.54) is 25.7 Å². The Morgan fingerprint density at radius 3 is 2.70 bits per heavy atom. The molecule has 6 heteroatoms. The van der Waals surface area contributed by atoms with Gasteiger partial charge in [0.2, 0.25) is 5.76 Å². The SMILES string of the molecule is CC(C)Cc1cc(C(=O)NC[C@H](O)CN2CCCCCC2)on1. The van der Waals surface area contributed by atoms with Crippen molar-refractivity contribution in [1.29, 1.82) is 0 Å². The first-order chi connectivity index (χ1) is 11.0. The summed E-state index contributed by atoms with van der Waals surface area (Å²) in [6, 6.07) is 1.68. The number of carbonyl (C=O) groups is 1. The predicted molar refractivity (Wildman–Crippen MR) is 88.3 cm³/mol. The van der Waals surface area contributed by atoms with Crippen LogP contribution in [-0.4, -0.2) is 53.4 Å². The van der Waals surface area contributed by atoms with Crippen LogP contribution in [0.25, 0.3) is 0 Å². The Balaban J connectivity index is 1.73. The van der Waals surface area contributed by atoms with Gasteiger partial charge in [-0.3, -0.25) is 4.79 Å². The summed E-state index contributed by atoms with van der Waals surface area (Å²) in [6.07, 6.45) is 5.15. The molecule has 23 heavy (non-hydrogen) atoms. The molecular weight excluding hydrogens is 294 g/mol. The normalized spacial score (nSPS) is 17.9. The summed E-state index contributed by atoms with van der Waals surface area (Å²) in [5.41, 5.74) is 0.787. The van der Waals surface area contributed by atoms with Gasteiger partial charge in [-0.2, -0.15) is 0 Å². The summed E-state index contributed by atoms with van der Waals surface area (Å²) in [5, 5.41) is 16.7. The minimum atomic E-state index is -0.560. The number of rotatable bonds is 7. The van der Waals surface area contributed by atoms with Crippen molar-refractivity contribution < 1.29 is 14.4 Å². The van der Waals surface area contributed by atoms with Crippen molar-refractivity contribution in [1.82, 2.24) is 15.4 Å². The largest absolute Gasteiger partial charge is 0.390 e. The van der Waals surface area contributed by atoms with Crippen molar-refractivity contribution in [3.05, 3.63) is 17.5 Å². The average molecular weight is 323 g/mol. The van der Waals surface area contributed by atoms with E-state index in [4.69, 9.17) is 4.52 Å². The molecule has 0 unspecified atom stereocenters. The van der Waals surface area contributed by atoms with Gasteiger partial charge in [-0.05, 0) is 38.3 Å². The second-order valence-electron chi connectivity index (χ2n) is 6.86. The number of hydrogen-bond acceptors (Lipinski definition) is 5. The Kier molecular flexibility index (Phi) is 7.05. The van der Waals surface area contributed by atoms with Gasteiger partial charge in [0.15, 0.2) is 0 Å². The van der Waals surface area contributed by atoms with Crippen molar-refractivity contribution in [2.75, 3.05) is 26.2 Å². The van der Waals surface area contributed by atoms with E-state index in [-0.39, 0.29) is 18.2 Å². The molecule has 2 N–H and O–H groups in total. The molecule has 1 amide bonds. The van der Waals surface area contributed by atoms with Gasteiger partial charge < -0.3 is 19.8 Å². The number of aliphatic hydroxyl groups is 1. The molecule has 1 aromatic heterocycles. The van der Waals surface area contributed by atoms with E-state index >= 15 is 0 Å². The molecule has 0 saturated carbocycles. The number of nitrogens with one attached hydrogen (secondary N) is 1. The minimum absolute atomic E-state index is 0.211. The zero-order valence-electron chi connectivity index (χ0n) is 14.3. The maximum atomic E-state index is 12.0. The highest BCUT2D eigenvalue weighted by Crippen LogP contribution is 2.10. The van der Waals surface area contributed by atoms with Crippen molar-refractivity contribution in [2.24, 2.45) is 5.92 Å². The lowest BCUT2D eigenvalue weighted by molar-refractivity contribution is 0.0831. The molecule has 2 heterocycles. The lowest BCUT2D eigenvalue weighted by atomic mass is 10.1. The summed E-state index contributed by atoms with van der Waals surface area (Å²) in [7, 11) is 0. The number of nitrogens with zero attached hydrogens (tertiary/aromatic N) is 2. The Hall–Kier alpha value is -1.40. The molecule has 0 aromatic carbocycles. The standard InChI is InChI=1S/C17H29N3O3/c1-13(2)9-14-10-16(23-19-14)17(22)18-11-15(21)12-20-7-5-3-4-6-8-20/h10,13,15,21H,3-9,11-12H2,1-2H3,(H,18,22)/t15-/m0/s1. The molecule has 1 saturated heterocycles. The van der Waals surface area contributed by atoms with Crippen molar-refractivity contribution >= 4 is 5.91 Å². The third-order valence-corrected chi connectivity index (χ3v) is 4.07. The molecule has 0 radical (unpaired) electrons. The van der Waals surface area contributed by atoms with E-state index in [2.05, 4.69) is 29.2 Å². The fraction of sp³-hybridized carbons (Fsp3) is 0.765. The van der Waals surface area contributed by atoms with Crippen molar-refractivity contribution in [2.45, 2.75) is 52.1 Å². The maximum Gasteiger partial charge on any atom is 0.289 e. The van der Waals surface area contributed by atoms with Gasteiger partial charge in [-0.25, -0.2) is 0 Å². The van der Waals surface area contributed by atoms with Crippen LogP contribution in [0.1, 0.15) is 55.8 Å². The van der Waals surface area contributed by atoms with Crippen LogP contribution >= 0.6 is 0 Å². The molecule has 1 fully saturated rings. The highest BCUT2D eigenvalue weighted by Gasteiger charge is 2.17. The minimum Gasteiger partial charge on any atom is -0.390 e. The number of aliphatic hydroxyl groups excluding tert-OH is 1. The lowest BCUT2D eigenvalue weighted by Gasteiger charge is -2.23. The first kappa shape index (κ1) is 17.9. The molecule has 1 aliphatic heterocycles. The second-order valence-corrected chi connectivity index (χ2v) is 6.86. The lowest BCUT2D eigenvalue weighted by Crippen LogP contribution is -2.40. The first-order valence-corrected chi connectivity index (χ1v) is 8.69. The average Bonchev–Trinajstić information content (AvgIpc) is 2.80. The molecule has 0 bridgehead atoms. The fourth-order valence-electron chi connectivity index (χ4n) is 2.91. The van der Waals surface area contributed by atoms with Gasteiger partial charge in [0, 0.05) is 19.2 Å². The smallest absolute Gasteiger partial charge is 0.289 e. The molecule has 2 rings (SSSR count). The quantitative estimate of drug-likeness (QED) is 0.800. The summed E-state index contributed by atoms with van der Waals surface area (Å²) >= 11 is 0. The van der Waals surface area contributed by atoms with Gasteiger partial charge in [-0.1, -0.05) is 31.8 Å². The van der Waals surface area contributed by atoms with E-state index in [0.717, 1.165) is 25.2 Å². The molecule has 6 nitrogen and oxygen atoms in total. The van der Waals surface area contributed by atoms with Crippen molar-refractivity contribution in [3.63, 3.8) is 0 Å². The summed E-state index contributed by atoms with van der Waals surface area (Å²) < 4.78 is 5.07. The topological polar surface area (TPSA) is 78.6 Å². The van der Waals surface area contributed by atoms with E-state index in [1.807, 2.05) is 0 Å². The van der Waals surface area contributed by atoms with Crippen LogP contribution in [0.4, 0.5) is 0 Å². The van der Waals surface area contributed by atoms with Crippen LogP contribution in [0.5, 0.6) is 0 Å². The number of aromatic nitrogens is 1. The van der Waals surface area contributed by atoms with Gasteiger partial charge >= 0.3 is 0 Å². The van der Waals surface area contributed by atoms with Crippen LogP contribution in [-0.2, 0) is 6.42 Å². The van der Waals surface area contributed by atoms with E-state index in [1.54, 1.807) is 6.07 Å². The Morgan fingerprint density at radius 2 is 2.04 bits per heavy atom. The zero-order chi connectivity index (χ0) is 16.7. The molecule has 130 valence electrons. The van der Waals surface area contributed by atoms with Gasteiger partial charge in [0.1, 0.15) is 0 Å².